The van der Waals surface area contributed by atoms with Gasteiger partial charge in [0, 0.05) is 17.7 Å². The van der Waals surface area contributed by atoms with Gasteiger partial charge >= 0.3 is 5.97 Å². The molecular weight excluding hydrogens is 223 g/mol. The molecule has 1 aromatic rings. The number of nitrogens with two attached hydrogens (primary N) is 1. The number of halogens is 1. The molecule has 0 aliphatic heterocycles. The van der Waals surface area contributed by atoms with E-state index in [9.17, 15) is 14.3 Å². The van der Waals surface area contributed by atoms with Gasteiger partial charge in [-0.15, -0.1) is 0 Å². The Bertz CT molecular complexity index is 482. The van der Waals surface area contributed by atoms with Gasteiger partial charge in [0.25, 0.3) is 0 Å². The number of carboxylic acids is 1. The summed E-state index contributed by atoms with van der Waals surface area (Å²) in [6.45, 7) is 1.40. The molecule has 90 valence electrons. The van der Waals surface area contributed by atoms with Crippen molar-refractivity contribution in [1.29, 1.82) is 5.26 Å². The van der Waals surface area contributed by atoms with Crippen LogP contribution in [0.25, 0.3) is 0 Å². The Kier molecular flexibility index (Phi) is 3.69. The average molecular weight is 236 g/mol. The summed E-state index contributed by atoms with van der Waals surface area (Å²) in [6, 6.07) is 5.76. The number of benzene rings is 1. The van der Waals surface area contributed by atoms with Crippen LogP contribution in [0.2, 0.25) is 0 Å². The summed E-state index contributed by atoms with van der Waals surface area (Å²) in [5, 5.41) is 17.7. The monoisotopic (exact) mass is 236 g/mol. The van der Waals surface area contributed by atoms with E-state index in [0.29, 0.717) is 0 Å². The van der Waals surface area contributed by atoms with Crippen LogP contribution in [0.15, 0.2) is 18.2 Å². The largest absolute Gasteiger partial charge is 0.481 e. The van der Waals surface area contributed by atoms with Crippen LogP contribution in [0.5, 0.6) is 0 Å². The van der Waals surface area contributed by atoms with E-state index in [4.69, 9.17) is 11.0 Å². The van der Waals surface area contributed by atoms with E-state index in [1.165, 1.54) is 19.1 Å². The number of hydrogen-bond donors (Lipinski definition) is 2. The standard InChI is InChI=1S/C12H13FN2O2/c1-12(11(16)17,5-2-6-14)9-4-3-8(15)7-10(9)13/h3-4,7H,2,5,15H2,1H3,(H,16,17). The normalized spacial score (nSPS) is 13.7. The molecule has 0 amide bonds. The van der Waals surface area contributed by atoms with E-state index in [2.05, 4.69) is 0 Å². The van der Waals surface area contributed by atoms with Gasteiger partial charge in [-0.3, -0.25) is 4.79 Å². The van der Waals surface area contributed by atoms with E-state index in [-0.39, 0.29) is 24.1 Å². The summed E-state index contributed by atoms with van der Waals surface area (Å²) in [5.74, 6) is -1.82. The maximum Gasteiger partial charge on any atom is 0.313 e. The van der Waals surface area contributed by atoms with Gasteiger partial charge in [-0.05, 0) is 25.5 Å². The molecule has 0 aromatic heterocycles. The van der Waals surface area contributed by atoms with E-state index in [0.717, 1.165) is 6.07 Å². The van der Waals surface area contributed by atoms with Gasteiger partial charge in [-0.1, -0.05) is 6.07 Å². The van der Waals surface area contributed by atoms with Crippen LogP contribution in [-0.4, -0.2) is 11.1 Å². The fourth-order valence-corrected chi connectivity index (χ4v) is 1.64. The fraction of sp³-hybridized carbons (Fsp3) is 0.333. The first-order chi connectivity index (χ1) is 7.91. The third-order valence-electron chi connectivity index (χ3n) is 2.80. The van der Waals surface area contributed by atoms with Crippen molar-refractivity contribution in [2.45, 2.75) is 25.2 Å². The van der Waals surface area contributed by atoms with Crippen molar-refractivity contribution < 1.29 is 14.3 Å². The number of rotatable bonds is 4. The second kappa shape index (κ2) is 4.83. The molecule has 0 saturated heterocycles. The minimum atomic E-state index is -1.41. The molecule has 0 aliphatic rings. The predicted molar refractivity (Wildman–Crippen MR) is 60.6 cm³/mol. The zero-order valence-corrected chi connectivity index (χ0v) is 9.40. The summed E-state index contributed by atoms with van der Waals surface area (Å²) in [6.07, 6.45) is 0.103. The summed E-state index contributed by atoms with van der Waals surface area (Å²) in [4.78, 5) is 11.3. The van der Waals surface area contributed by atoms with Gasteiger partial charge in [0.1, 0.15) is 5.82 Å². The number of nitrogens with zero attached hydrogens (tertiary/aromatic N) is 1. The average Bonchev–Trinajstić information content (AvgIpc) is 2.25. The van der Waals surface area contributed by atoms with Gasteiger partial charge in [-0.2, -0.15) is 5.26 Å². The molecule has 0 fully saturated rings. The Morgan fingerprint density at radius 2 is 2.29 bits per heavy atom. The summed E-state index contributed by atoms with van der Waals surface area (Å²) in [7, 11) is 0. The number of nitrogen functional groups attached to an aromatic ring is 1. The van der Waals surface area contributed by atoms with Crippen LogP contribution >= 0.6 is 0 Å². The second-order valence-electron chi connectivity index (χ2n) is 4.03. The molecular formula is C12H13FN2O2. The minimum Gasteiger partial charge on any atom is -0.481 e. The maximum atomic E-state index is 13.7. The molecule has 1 aromatic carbocycles. The molecule has 3 N–H and O–H groups in total. The zero-order valence-electron chi connectivity index (χ0n) is 9.40. The summed E-state index contributed by atoms with van der Waals surface area (Å²) < 4.78 is 13.7. The smallest absolute Gasteiger partial charge is 0.313 e. The molecule has 0 aliphatic carbocycles. The molecule has 0 heterocycles. The van der Waals surface area contributed by atoms with Crippen molar-refractivity contribution in [3.05, 3.63) is 29.6 Å². The molecule has 1 rings (SSSR count). The lowest BCUT2D eigenvalue weighted by Crippen LogP contribution is -2.33. The lowest BCUT2D eigenvalue weighted by Gasteiger charge is -2.24. The van der Waals surface area contributed by atoms with E-state index in [1.807, 2.05) is 6.07 Å². The van der Waals surface area contributed by atoms with Gasteiger partial charge in [0.05, 0.1) is 11.5 Å². The third kappa shape index (κ3) is 2.53. The zero-order chi connectivity index (χ0) is 13.1. The molecule has 5 heteroatoms. The van der Waals surface area contributed by atoms with Gasteiger partial charge in [0.15, 0.2) is 0 Å². The van der Waals surface area contributed by atoms with E-state index >= 15 is 0 Å². The third-order valence-corrected chi connectivity index (χ3v) is 2.80. The molecule has 0 spiro atoms. The van der Waals surface area contributed by atoms with Crippen molar-refractivity contribution in [3.8, 4) is 6.07 Å². The number of anilines is 1. The second-order valence-corrected chi connectivity index (χ2v) is 4.03. The number of carboxylic acid groups (broad SMARTS) is 1. The van der Waals surface area contributed by atoms with Crippen molar-refractivity contribution in [2.75, 3.05) is 5.73 Å². The van der Waals surface area contributed by atoms with E-state index in [1.54, 1.807) is 0 Å². The first-order valence-corrected chi connectivity index (χ1v) is 5.07. The Labute approximate surface area is 98.5 Å². The van der Waals surface area contributed by atoms with Gasteiger partial charge in [-0.25, -0.2) is 4.39 Å². The number of aliphatic carboxylic acids is 1. The Balaban J connectivity index is 3.23. The van der Waals surface area contributed by atoms with Crippen LogP contribution in [0.4, 0.5) is 10.1 Å². The maximum absolute atomic E-state index is 13.7. The van der Waals surface area contributed by atoms with E-state index < -0.39 is 17.2 Å². The Hall–Kier alpha value is -2.09. The fourth-order valence-electron chi connectivity index (χ4n) is 1.64. The number of carbonyl (C=O) groups is 1. The molecule has 1 atom stereocenters. The van der Waals surface area contributed by atoms with Crippen molar-refractivity contribution in [2.24, 2.45) is 0 Å². The van der Waals surface area contributed by atoms with Gasteiger partial charge < -0.3 is 10.8 Å². The first-order valence-electron chi connectivity index (χ1n) is 5.07. The molecule has 0 radical (unpaired) electrons. The highest BCUT2D eigenvalue weighted by Gasteiger charge is 2.37. The SMILES string of the molecule is CC(CCC#N)(C(=O)O)c1ccc(N)cc1F. The molecule has 17 heavy (non-hydrogen) atoms. The topological polar surface area (TPSA) is 87.1 Å². The quantitative estimate of drug-likeness (QED) is 0.783. The first kappa shape index (κ1) is 13.0. The minimum absolute atomic E-state index is 0.0482. The molecule has 4 nitrogen and oxygen atoms in total. The van der Waals surface area contributed by atoms with Crippen molar-refractivity contribution >= 4 is 11.7 Å². The highest BCUT2D eigenvalue weighted by Crippen LogP contribution is 2.32. The summed E-state index contributed by atoms with van der Waals surface area (Å²) >= 11 is 0. The van der Waals surface area contributed by atoms with Crippen LogP contribution in [0, 0.1) is 17.1 Å². The number of hydrogen-bond acceptors (Lipinski definition) is 3. The Morgan fingerprint density at radius 1 is 1.65 bits per heavy atom. The molecule has 0 saturated carbocycles. The lowest BCUT2D eigenvalue weighted by molar-refractivity contribution is -0.143. The lowest BCUT2D eigenvalue weighted by atomic mass is 9.78. The number of nitriles is 1. The van der Waals surface area contributed by atoms with Crippen LogP contribution < -0.4 is 5.73 Å². The predicted octanol–water partition coefficient (Wildman–Crippen LogP) is 2.05. The van der Waals surface area contributed by atoms with Crippen LogP contribution in [0.3, 0.4) is 0 Å². The van der Waals surface area contributed by atoms with Crippen LogP contribution in [0.1, 0.15) is 25.3 Å². The highest BCUT2D eigenvalue weighted by atomic mass is 19.1. The molecule has 0 bridgehead atoms. The summed E-state index contributed by atoms with van der Waals surface area (Å²) in [5.41, 5.74) is 4.28. The van der Waals surface area contributed by atoms with Crippen molar-refractivity contribution in [3.63, 3.8) is 0 Å². The van der Waals surface area contributed by atoms with Crippen LogP contribution in [-0.2, 0) is 10.2 Å². The molecule has 1 unspecified atom stereocenters. The van der Waals surface area contributed by atoms with Gasteiger partial charge in [0.2, 0.25) is 0 Å². The highest BCUT2D eigenvalue weighted by molar-refractivity contribution is 5.81. The van der Waals surface area contributed by atoms with Crippen molar-refractivity contribution in [1.82, 2.24) is 0 Å². The Morgan fingerprint density at radius 3 is 2.76 bits per heavy atom.